The fourth-order valence-electron chi connectivity index (χ4n) is 1.23. The number of carbonyl (C=O) groups excluding carboxylic acids is 1. The minimum Gasteiger partial charge on any atom is -0.303 e. The maximum Gasteiger partial charge on any atom is 0.239 e. The summed E-state index contributed by atoms with van der Waals surface area (Å²) in [5.41, 5.74) is 0.360. The zero-order valence-corrected chi connectivity index (χ0v) is 9.87. The first-order valence-corrected chi connectivity index (χ1v) is 5.88. The van der Waals surface area contributed by atoms with Gasteiger partial charge in [-0.1, -0.05) is 30.0 Å². The number of thioether (sulfide) groups is 1. The second-order valence-corrected chi connectivity index (χ2v) is 4.75. The predicted octanol–water partition coefficient (Wildman–Crippen LogP) is 1.77. The van der Waals surface area contributed by atoms with Gasteiger partial charge in [0.2, 0.25) is 5.91 Å². The average Bonchev–Trinajstić information content (AvgIpc) is 2.61. The molecule has 1 heterocycles. The third-order valence-electron chi connectivity index (χ3n) is 2.14. The summed E-state index contributed by atoms with van der Waals surface area (Å²) in [4.78, 5) is 11.1. The van der Waals surface area contributed by atoms with Crippen LogP contribution in [-0.2, 0) is 4.79 Å². The van der Waals surface area contributed by atoms with Gasteiger partial charge < -0.3 is 5.32 Å². The molecule has 0 aliphatic carbocycles. The topological polar surface area (TPSA) is 53.8 Å². The number of nitrogens with zero attached hydrogens (tertiary/aromatic N) is 2. The van der Waals surface area contributed by atoms with Crippen LogP contribution in [0.25, 0.3) is 0 Å². The van der Waals surface area contributed by atoms with Crippen LogP contribution in [0.1, 0.15) is 12.5 Å². The first-order chi connectivity index (χ1) is 8.16. The van der Waals surface area contributed by atoms with Crippen molar-refractivity contribution < 1.29 is 9.18 Å². The smallest absolute Gasteiger partial charge is 0.239 e. The number of amides is 1. The van der Waals surface area contributed by atoms with Gasteiger partial charge >= 0.3 is 0 Å². The number of amidine groups is 1. The summed E-state index contributed by atoms with van der Waals surface area (Å²) >= 11 is 1.29. The summed E-state index contributed by atoms with van der Waals surface area (Å²) in [5.74, 6) is -0.442. The van der Waals surface area contributed by atoms with Crippen LogP contribution in [0.5, 0.6) is 0 Å². The van der Waals surface area contributed by atoms with E-state index in [4.69, 9.17) is 0 Å². The Kier molecular flexibility index (Phi) is 3.53. The van der Waals surface area contributed by atoms with E-state index in [1.807, 2.05) is 0 Å². The van der Waals surface area contributed by atoms with Crippen LogP contribution in [0.2, 0.25) is 0 Å². The Labute approximate surface area is 102 Å². The van der Waals surface area contributed by atoms with Gasteiger partial charge in [-0.15, -0.1) is 5.10 Å². The van der Waals surface area contributed by atoms with Gasteiger partial charge in [0.05, 0.1) is 11.5 Å². The zero-order chi connectivity index (χ0) is 12.3. The van der Waals surface area contributed by atoms with Gasteiger partial charge in [0.25, 0.3) is 0 Å². The molecule has 1 N–H and O–H groups in total. The number of carbonyl (C=O) groups is 1. The van der Waals surface area contributed by atoms with E-state index >= 15 is 0 Å². The molecular weight excluding hydrogens is 241 g/mol. The van der Waals surface area contributed by atoms with Crippen molar-refractivity contribution in [3.05, 3.63) is 35.6 Å². The van der Waals surface area contributed by atoms with Gasteiger partial charge in [-0.2, -0.15) is 5.10 Å². The number of nitrogens with one attached hydrogen (secondary N) is 1. The van der Waals surface area contributed by atoms with Gasteiger partial charge in [-0.3, -0.25) is 4.79 Å². The molecule has 0 unspecified atom stereocenters. The van der Waals surface area contributed by atoms with Crippen LogP contribution in [-0.4, -0.2) is 22.5 Å². The average molecular weight is 251 g/mol. The molecule has 0 bridgehead atoms. The van der Waals surface area contributed by atoms with E-state index in [0.717, 1.165) is 0 Å². The summed E-state index contributed by atoms with van der Waals surface area (Å²) in [6, 6.07) is 6.27. The summed E-state index contributed by atoms with van der Waals surface area (Å²) in [5, 5.41) is 10.4. The van der Waals surface area contributed by atoms with Crippen molar-refractivity contribution in [2.24, 2.45) is 10.2 Å². The normalized spacial score (nSPS) is 22.4. The summed E-state index contributed by atoms with van der Waals surface area (Å²) in [7, 11) is 0. The molecule has 1 aromatic rings. The van der Waals surface area contributed by atoms with Crippen LogP contribution in [0.4, 0.5) is 4.39 Å². The number of halogens is 1. The third kappa shape index (κ3) is 2.91. The summed E-state index contributed by atoms with van der Waals surface area (Å²) < 4.78 is 13.2. The molecule has 4 nitrogen and oxygen atoms in total. The van der Waals surface area contributed by atoms with Crippen LogP contribution in [0.3, 0.4) is 0 Å². The molecular formula is C11H10FN3OS. The second-order valence-electron chi connectivity index (χ2n) is 3.42. The molecule has 2 rings (SSSR count). The highest BCUT2D eigenvalue weighted by Crippen LogP contribution is 2.18. The van der Waals surface area contributed by atoms with Gasteiger partial charge in [0.1, 0.15) is 5.82 Å². The molecule has 17 heavy (non-hydrogen) atoms. The predicted molar refractivity (Wildman–Crippen MR) is 66.6 cm³/mol. The highest BCUT2D eigenvalue weighted by molar-refractivity contribution is 8.15. The van der Waals surface area contributed by atoms with Crippen LogP contribution < -0.4 is 5.32 Å². The number of benzene rings is 1. The van der Waals surface area contributed by atoms with Gasteiger partial charge in [0, 0.05) is 5.56 Å². The number of hydrogen-bond acceptors (Lipinski definition) is 4. The molecule has 1 amide bonds. The van der Waals surface area contributed by atoms with E-state index in [0.29, 0.717) is 10.7 Å². The number of rotatable bonds is 2. The summed E-state index contributed by atoms with van der Waals surface area (Å²) in [6.07, 6.45) is 1.32. The Hall–Kier alpha value is -1.69. The fourth-order valence-corrected chi connectivity index (χ4v) is 1.98. The quantitative estimate of drug-likeness (QED) is 0.643. The molecule has 0 aromatic heterocycles. The van der Waals surface area contributed by atoms with Crippen molar-refractivity contribution in [2.75, 3.05) is 0 Å². The van der Waals surface area contributed by atoms with Crippen molar-refractivity contribution in [1.29, 1.82) is 0 Å². The molecule has 0 radical (unpaired) electrons. The largest absolute Gasteiger partial charge is 0.303 e. The van der Waals surface area contributed by atoms with Crippen molar-refractivity contribution in [1.82, 2.24) is 5.32 Å². The lowest BCUT2D eigenvalue weighted by Crippen LogP contribution is -2.23. The molecule has 1 fully saturated rings. The second kappa shape index (κ2) is 5.09. The highest BCUT2D eigenvalue weighted by atomic mass is 32.2. The maximum absolute atomic E-state index is 13.2. The monoisotopic (exact) mass is 251 g/mol. The first-order valence-electron chi connectivity index (χ1n) is 5.00. The molecule has 1 aliphatic rings. The minimum atomic E-state index is -0.354. The van der Waals surface area contributed by atoms with E-state index in [1.165, 1.54) is 24.0 Å². The molecule has 1 atom stereocenters. The third-order valence-corrected chi connectivity index (χ3v) is 3.11. The molecule has 0 saturated carbocycles. The van der Waals surface area contributed by atoms with Gasteiger partial charge in [-0.05, 0) is 13.0 Å². The fraction of sp³-hybridized carbons (Fsp3) is 0.182. The van der Waals surface area contributed by atoms with Crippen LogP contribution in [0.15, 0.2) is 34.5 Å². The zero-order valence-electron chi connectivity index (χ0n) is 9.05. The lowest BCUT2D eigenvalue weighted by Gasteiger charge is -1.93. The molecule has 1 aliphatic heterocycles. The molecule has 1 aromatic carbocycles. The number of hydrogen-bond donors (Lipinski definition) is 1. The van der Waals surface area contributed by atoms with Crippen molar-refractivity contribution in [2.45, 2.75) is 12.2 Å². The van der Waals surface area contributed by atoms with E-state index < -0.39 is 0 Å². The summed E-state index contributed by atoms with van der Waals surface area (Å²) in [6.45, 7) is 1.78. The first kappa shape index (κ1) is 11.8. The van der Waals surface area contributed by atoms with Crippen LogP contribution in [0, 0.1) is 5.82 Å². The van der Waals surface area contributed by atoms with Crippen molar-refractivity contribution in [3.63, 3.8) is 0 Å². The minimum absolute atomic E-state index is 0.0881. The Morgan fingerprint density at radius 3 is 2.88 bits per heavy atom. The lowest BCUT2D eigenvalue weighted by molar-refractivity contribution is -0.118. The highest BCUT2D eigenvalue weighted by Gasteiger charge is 2.25. The SMILES string of the molecule is C[C@@H]1S/C(=N\N=Cc2ccccc2F)NC1=O. The van der Waals surface area contributed by atoms with Crippen molar-refractivity contribution >= 4 is 29.1 Å². The standard InChI is InChI=1S/C11H10FN3OS/c1-7-10(16)14-11(17-7)15-13-6-8-4-2-3-5-9(8)12/h2-7H,1H3,(H,14,15,16)/t7-/m0/s1. The van der Waals surface area contributed by atoms with E-state index in [1.54, 1.807) is 25.1 Å². The van der Waals surface area contributed by atoms with Crippen LogP contribution >= 0.6 is 11.8 Å². The van der Waals surface area contributed by atoms with E-state index in [-0.39, 0.29) is 17.0 Å². The maximum atomic E-state index is 13.2. The Morgan fingerprint density at radius 1 is 1.47 bits per heavy atom. The Balaban J connectivity index is 2.06. The molecule has 6 heteroatoms. The lowest BCUT2D eigenvalue weighted by atomic mass is 10.2. The Bertz CT molecular complexity index is 501. The van der Waals surface area contributed by atoms with E-state index in [2.05, 4.69) is 15.5 Å². The van der Waals surface area contributed by atoms with E-state index in [9.17, 15) is 9.18 Å². The molecule has 0 spiro atoms. The van der Waals surface area contributed by atoms with Gasteiger partial charge in [-0.25, -0.2) is 4.39 Å². The van der Waals surface area contributed by atoms with Gasteiger partial charge in [0.15, 0.2) is 5.17 Å². The van der Waals surface area contributed by atoms with Crippen molar-refractivity contribution in [3.8, 4) is 0 Å². The molecule has 1 saturated heterocycles. The Morgan fingerprint density at radius 2 is 2.24 bits per heavy atom. The molecule has 88 valence electrons.